The molecule has 1 heterocycles. The minimum atomic E-state index is -1.06. The molecule has 0 radical (unpaired) electrons. The second-order valence-corrected chi connectivity index (χ2v) is 4.61. The Labute approximate surface area is 76.5 Å². The van der Waals surface area contributed by atoms with Gasteiger partial charge in [-0.2, -0.15) is 0 Å². The van der Waals surface area contributed by atoms with E-state index in [2.05, 4.69) is 0 Å². The van der Waals surface area contributed by atoms with Crippen molar-refractivity contribution in [3.63, 3.8) is 0 Å². The Morgan fingerprint density at radius 2 is 2.08 bits per heavy atom. The van der Waals surface area contributed by atoms with E-state index in [-0.39, 0.29) is 0 Å². The largest absolute Gasteiger partial charge is 0.387 e. The Morgan fingerprint density at radius 3 is 2.42 bits per heavy atom. The van der Waals surface area contributed by atoms with Gasteiger partial charge in [-0.25, -0.2) is 0 Å². The van der Waals surface area contributed by atoms with Crippen LogP contribution in [0.5, 0.6) is 0 Å². The van der Waals surface area contributed by atoms with E-state index in [1.807, 2.05) is 18.4 Å². The van der Waals surface area contributed by atoms with Gasteiger partial charge in [-0.15, -0.1) is 11.3 Å². The molecule has 1 unspecified atom stereocenters. The molecule has 0 bridgehead atoms. The molecule has 1 aromatic rings. The maximum atomic E-state index is 9.68. The van der Waals surface area contributed by atoms with E-state index >= 15 is 0 Å². The van der Waals surface area contributed by atoms with Crippen LogP contribution in [0.3, 0.4) is 0 Å². The third-order valence-corrected chi connectivity index (χ3v) is 2.72. The van der Waals surface area contributed by atoms with Crippen molar-refractivity contribution in [3.8, 4) is 0 Å². The second kappa shape index (κ2) is 3.17. The lowest BCUT2D eigenvalue weighted by molar-refractivity contribution is -0.0497. The van der Waals surface area contributed by atoms with Crippen molar-refractivity contribution in [2.45, 2.75) is 32.5 Å². The Balaban J connectivity index is 2.92. The van der Waals surface area contributed by atoms with Gasteiger partial charge in [0.1, 0.15) is 6.10 Å². The quantitative estimate of drug-likeness (QED) is 0.740. The zero-order valence-corrected chi connectivity index (χ0v) is 8.35. The van der Waals surface area contributed by atoms with Crippen molar-refractivity contribution >= 4 is 11.3 Å². The average molecular weight is 186 g/mol. The summed E-state index contributed by atoms with van der Waals surface area (Å²) >= 11 is 1.58. The summed E-state index contributed by atoms with van der Waals surface area (Å²) in [5.41, 5.74) is -0.237. The molecule has 0 spiro atoms. The van der Waals surface area contributed by atoms with Crippen LogP contribution in [0.25, 0.3) is 0 Å². The van der Waals surface area contributed by atoms with Crippen LogP contribution in [0, 0.1) is 6.92 Å². The lowest BCUT2D eigenvalue weighted by atomic mass is 9.96. The number of hydrogen-bond donors (Lipinski definition) is 2. The first-order chi connectivity index (χ1) is 5.43. The highest BCUT2D eigenvalue weighted by Gasteiger charge is 2.27. The number of aryl methyl sites for hydroxylation is 1. The Morgan fingerprint density at radius 1 is 1.50 bits per heavy atom. The van der Waals surface area contributed by atoms with E-state index in [4.69, 9.17) is 0 Å². The molecule has 0 aliphatic carbocycles. The molecule has 0 saturated heterocycles. The first-order valence-corrected chi connectivity index (χ1v) is 4.75. The summed E-state index contributed by atoms with van der Waals surface area (Å²) in [6.45, 7) is 5.15. The van der Waals surface area contributed by atoms with Crippen LogP contribution in [0.2, 0.25) is 0 Å². The summed E-state index contributed by atoms with van der Waals surface area (Å²) in [7, 11) is 0. The van der Waals surface area contributed by atoms with Crippen LogP contribution in [-0.2, 0) is 0 Å². The summed E-state index contributed by atoms with van der Waals surface area (Å²) < 4.78 is 0. The predicted octanol–water partition coefficient (Wildman–Crippen LogP) is 1.86. The van der Waals surface area contributed by atoms with Crippen molar-refractivity contribution in [1.29, 1.82) is 0 Å². The minimum Gasteiger partial charge on any atom is -0.387 e. The molecule has 0 aliphatic rings. The van der Waals surface area contributed by atoms with Crippen LogP contribution in [-0.4, -0.2) is 15.8 Å². The van der Waals surface area contributed by atoms with E-state index in [0.717, 1.165) is 10.4 Å². The summed E-state index contributed by atoms with van der Waals surface area (Å²) in [6.07, 6.45) is -0.788. The third-order valence-electron chi connectivity index (χ3n) is 1.86. The molecule has 0 saturated carbocycles. The van der Waals surface area contributed by atoms with Crippen LogP contribution >= 0.6 is 11.3 Å². The van der Waals surface area contributed by atoms with Gasteiger partial charge in [-0.05, 0) is 37.8 Å². The Kier molecular flexibility index (Phi) is 2.56. The highest BCUT2D eigenvalue weighted by Crippen LogP contribution is 2.29. The molecule has 2 N–H and O–H groups in total. The molecule has 68 valence electrons. The Hall–Kier alpha value is -0.380. The zero-order valence-electron chi connectivity index (χ0n) is 7.53. The average Bonchev–Trinajstić information content (AvgIpc) is 2.31. The first kappa shape index (κ1) is 9.71. The fraction of sp³-hybridized carbons (Fsp3) is 0.556. The van der Waals surface area contributed by atoms with Gasteiger partial charge in [-0.3, -0.25) is 0 Å². The van der Waals surface area contributed by atoms with Crippen molar-refractivity contribution in [3.05, 3.63) is 21.9 Å². The van der Waals surface area contributed by atoms with Crippen LogP contribution in [0.15, 0.2) is 11.4 Å². The number of aliphatic hydroxyl groups excluding tert-OH is 1. The highest BCUT2D eigenvalue weighted by atomic mass is 32.1. The van der Waals surface area contributed by atoms with Crippen molar-refractivity contribution in [2.75, 3.05) is 0 Å². The van der Waals surface area contributed by atoms with E-state index in [0.29, 0.717) is 0 Å². The minimum absolute atomic E-state index is 0.788. The van der Waals surface area contributed by atoms with Gasteiger partial charge in [0.25, 0.3) is 0 Å². The van der Waals surface area contributed by atoms with Crippen LogP contribution in [0.1, 0.15) is 30.4 Å². The van der Waals surface area contributed by atoms with Gasteiger partial charge < -0.3 is 10.2 Å². The first-order valence-electron chi connectivity index (χ1n) is 3.87. The van der Waals surface area contributed by atoms with Gasteiger partial charge in [0, 0.05) is 4.88 Å². The zero-order chi connectivity index (χ0) is 9.35. The maximum absolute atomic E-state index is 9.68. The SMILES string of the molecule is Cc1sccc1C(O)C(C)(C)O. The van der Waals surface area contributed by atoms with Gasteiger partial charge in [-0.1, -0.05) is 0 Å². The molecule has 2 nitrogen and oxygen atoms in total. The molecular weight excluding hydrogens is 172 g/mol. The summed E-state index contributed by atoms with van der Waals surface area (Å²) in [5, 5.41) is 21.1. The molecule has 0 amide bonds. The van der Waals surface area contributed by atoms with Gasteiger partial charge in [0.2, 0.25) is 0 Å². The Bertz CT molecular complexity index is 260. The molecular formula is C9H14O2S. The van der Waals surface area contributed by atoms with Crippen LogP contribution in [0.4, 0.5) is 0 Å². The maximum Gasteiger partial charge on any atom is 0.108 e. The van der Waals surface area contributed by atoms with E-state index in [9.17, 15) is 10.2 Å². The topological polar surface area (TPSA) is 40.5 Å². The predicted molar refractivity (Wildman–Crippen MR) is 50.3 cm³/mol. The molecule has 1 atom stereocenters. The standard InChI is InChI=1S/C9H14O2S/c1-6-7(4-5-12-6)8(10)9(2,3)11/h4-5,8,10-11H,1-3H3. The fourth-order valence-electron chi connectivity index (χ4n) is 1.06. The van der Waals surface area contributed by atoms with Crippen molar-refractivity contribution in [1.82, 2.24) is 0 Å². The molecule has 0 fully saturated rings. The lowest BCUT2D eigenvalue weighted by Crippen LogP contribution is -2.28. The summed E-state index contributed by atoms with van der Waals surface area (Å²) in [6, 6.07) is 1.85. The van der Waals surface area contributed by atoms with Crippen molar-refractivity contribution < 1.29 is 10.2 Å². The number of thiophene rings is 1. The van der Waals surface area contributed by atoms with Gasteiger partial charge in [0.15, 0.2) is 0 Å². The number of rotatable bonds is 2. The number of hydrogen-bond acceptors (Lipinski definition) is 3. The monoisotopic (exact) mass is 186 g/mol. The summed E-state index contributed by atoms with van der Waals surface area (Å²) in [5.74, 6) is 0. The summed E-state index contributed by atoms with van der Waals surface area (Å²) in [4.78, 5) is 1.06. The molecule has 1 aromatic heterocycles. The third kappa shape index (κ3) is 1.86. The molecule has 0 aliphatic heterocycles. The van der Waals surface area contributed by atoms with Crippen molar-refractivity contribution in [2.24, 2.45) is 0 Å². The molecule has 3 heteroatoms. The number of aliphatic hydroxyl groups is 2. The fourth-order valence-corrected chi connectivity index (χ4v) is 1.79. The molecule has 12 heavy (non-hydrogen) atoms. The van der Waals surface area contributed by atoms with E-state index in [1.165, 1.54) is 0 Å². The van der Waals surface area contributed by atoms with Gasteiger partial charge >= 0.3 is 0 Å². The van der Waals surface area contributed by atoms with Gasteiger partial charge in [0.05, 0.1) is 5.60 Å². The molecule has 1 rings (SSSR count). The van der Waals surface area contributed by atoms with E-state index < -0.39 is 11.7 Å². The molecule has 0 aromatic carbocycles. The second-order valence-electron chi connectivity index (χ2n) is 3.49. The normalized spacial score (nSPS) is 14.8. The lowest BCUT2D eigenvalue weighted by Gasteiger charge is -2.24. The van der Waals surface area contributed by atoms with Crippen LogP contribution < -0.4 is 0 Å². The van der Waals surface area contributed by atoms with E-state index in [1.54, 1.807) is 25.2 Å². The smallest absolute Gasteiger partial charge is 0.108 e. The highest BCUT2D eigenvalue weighted by molar-refractivity contribution is 7.10.